The maximum absolute atomic E-state index is 13.4. The summed E-state index contributed by atoms with van der Waals surface area (Å²) >= 11 is 6.90. The van der Waals surface area contributed by atoms with E-state index in [0.717, 1.165) is 12.1 Å². The number of thiophene rings is 1. The average molecular weight is 246 g/mol. The minimum absolute atomic E-state index is 0.179. The van der Waals surface area contributed by atoms with E-state index in [0.29, 0.717) is 9.21 Å². The molecule has 0 saturated heterocycles. The van der Waals surface area contributed by atoms with Crippen LogP contribution in [-0.4, -0.2) is 0 Å². The molecule has 0 fully saturated rings. The first-order chi connectivity index (χ1) is 7.08. The Morgan fingerprint density at radius 1 is 1.13 bits per heavy atom. The number of halogens is 3. The van der Waals surface area contributed by atoms with Crippen LogP contribution in [0.1, 0.15) is 0 Å². The van der Waals surface area contributed by atoms with Crippen molar-refractivity contribution in [3.05, 3.63) is 40.2 Å². The van der Waals surface area contributed by atoms with Crippen molar-refractivity contribution in [3.63, 3.8) is 0 Å². The standard InChI is InChI=1S/C10H6ClF2NS/c11-10-2-1-9(15-10)5-3-7(13)8(14)4-6(5)12/h1-4H,14H2. The molecule has 0 aliphatic carbocycles. The Bertz CT molecular complexity index is 510. The highest BCUT2D eigenvalue weighted by Crippen LogP contribution is 2.34. The Labute approximate surface area is 94.1 Å². The third-order valence-corrected chi connectivity index (χ3v) is 3.19. The van der Waals surface area contributed by atoms with E-state index in [1.807, 2.05) is 0 Å². The van der Waals surface area contributed by atoms with Crippen molar-refractivity contribution in [2.24, 2.45) is 0 Å². The smallest absolute Gasteiger partial charge is 0.146 e. The van der Waals surface area contributed by atoms with Gasteiger partial charge in [-0.15, -0.1) is 11.3 Å². The quantitative estimate of drug-likeness (QED) is 0.757. The molecule has 1 nitrogen and oxygen atoms in total. The van der Waals surface area contributed by atoms with Crippen molar-refractivity contribution in [2.45, 2.75) is 0 Å². The van der Waals surface area contributed by atoms with Gasteiger partial charge in [0, 0.05) is 16.5 Å². The molecule has 0 unspecified atom stereocenters. The van der Waals surface area contributed by atoms with E-state index in [-0.39, 0.29) is 11.3 Å². The van der Waals surface area contributed by atoms with Gasteiger partial charge in [-0.1, -0.05) is 11.6 Å². The Morgan fingerprint density at radius 3 is 2.47 bits per heavy atom. The van der Waals surface area contributed by atoms with Crippen molar-refractivity contribution in [3.8, 4) is 10.4 Å². The lowest BCUT2D eigenvalue weighted by Crippen LogP contribution is -1.93. The summed E-state index contributed by atoms with van der Waals surface area (Å²) in [4.78, 5) is 0.580. The van der Waals surface area contributed by atoms with Gasteiger partial charge in [-0.2, -0.15) is 0 Å². The number of benzene rings is 1. The van der Waals surface area contributed by atoms with E-state index >= 15 is 0 Å². The predicted molar refractivity (Wildman–Crippen MR) is 59.1 cm³/mol. The predicted octanol–water partition coefficient (Wildman–Crippen LogP) is 3.93. The molecule has 15 heavy (non-hydrogen) atoms. The molecule has 0 atom stereocenters. The topological polar surface area (TPSA) is 26.0 Å². The van der Waals surface area contributed by atoms with Crippen LogP contribution in [0, 0.1) is 11.6 Å². The zero-order valence-electron chi connectivity index (χ0n) is 7.43. The largest absolute Gasteiger partial charge is 0.396 e. The van der Waals surface area contributed by atoms with Gasteiger partial charge in [0.05, 0.1) is 10.0 Å². The first kappa shape index (κ1) is 10.4. The van der Waals surface area contributed by atoms with Gasteiger partial charge in [0.1, 0.15) is 11.6 Å². The first-order valence-electron chi connectivity index (χ1n) is 4.08. The van der Waals surface area contributed by atoms with Crippen molar-refractivity contribution in [2.75, 3.05) is 5.73 Å². The van der Waals surface area contributed by atoms with Crippen molar-refractivity contribution >= 4 is 28.6 Å². The highest BCUT2D eigenvalue weighted by atomic mass is 35.5. The Balaban J connectivity index is 2.58. The zero-order valence-corrected chi connectivity index (χ0v) is 9.00. The molecule has 2 aromatic rings. The summed E-state index contributed by atoms with van der Waals surface area (Å²) in [7, 11) is 0. The van der Waals surface area contributed by atoms with Crippen LogP contribution in [0.25, 0.3) is 10.4 Å². The van der Waals surface area contributed by atoms with Gasteiger partial charge in [-0.3, -0.25) is 0 Å². The summed E-state index contributed by atoms with van der Waals surface area (Å²) in [5, 5.41) is 0. The second kappa shape index (κ2) is 3.79. The average Bonchev–Trinajstić information content (AvgIpc) is 2.58. The van der Waals surface area contributed by atoms with Crippen molar-refractivity contribution in [1.29, 1.82) is 0 Å². The van der Waals surface area contributed by atoms with Crippen LogP contribution in [0.4, 0.5) is 14.5 Å². The number of hydrogen-bond donors (Lipinski definition) is 1. The molecule has 1 heterocycles. The second-order valence-electron chi connectivity index (χ2n) is 2.96. The zero-order chi connectivity index (χ0) is 11.0. The molecule has 1 aromatic heterocycles. The molecule has 5 heteroatoms. The molecular formula is C10H6ClF2NS. The lowest BCUT2D eigenvalue weighted by molar-refractivity contribution is 0.607. The fourth-order valence-corrected chi connectivity index (χ4v) is 2.27. The van der Waals surface area contributed by atoms with E-state index in [9.17, 15) is 8.78 Å². The monoisotopic (exact) mass is 245 g/mol. The molecule has 2 rings (SSSR count). The molecule has 0 amide bonds. The minimum atomic E-state index is -0.629. The van der Waals surface area contributed by atoms with E-state index in [1.165, 1.54) is 11.3 Å². The summed E-state index contributed by atoms with van der Waals surface area (Å²) in [6, 6.07) is 5.32. The van der Waals surface area contributed by atoms with E-state index in [2.05, 4.69) is 0 Å². The summed E-state index contributed by atoms with van der Waals surface area (Å²) in [5.41, 5.74) is 5.22. The van der Waals surface area contributed by atoms with Gasteiger partial charge in [0.25, 0.3) is 0 Å². The molecule has 2 N–H and O–H groups in total. The van der Waals surface area contributed by atoms with Gasteiger partial charge < -0.3 is 5.73 Å². The number of nitrogen functional groups attached to an aromatic ring is 1. The number of anilines is 1. The number of hydrogen-bond acceptors (Lipinski definition) is 2. The Hall–Kier alpha value is -1.13. The third kappa shape index (κ3) is 1.96. The van der Waals surface area contributed by atoms with Crippen LogP contribution in [0.2, 0.25) is 4.34 Å². The van der Waals surface area contributed by atoms with E-state index in [4.69, 9.17) is 17.3 Å². The number of nitrogens with two attached hydrogens (primary N) is 1. The van der Waals surface area contributed by atoms with Gasteiger partial charge in [0.2, 0.25) is 0 Å². The van der Waals surface area contributed by atoms with Gasteiger partial charge >= 0.3 is 0 Å². The summed E-state index contributed by atoms with van der Waals surface area (Å²) in [6.07, 6.45) is 0. The van der Waals surface area contributed by atoms with Gasteiger partial charge in [-0.25, -0.2) is 8.78 Å². The molecule has 0 aliphatic heterocycles. The van der Waals surface area contributed by atoms with E-state index in [1.54, 1.807) is 12.1 Å². The second-order valence-corrected chi connectivity index (χ2v) is 4.67. The minimum Gasteiger partial charge on any atom is -0.396 e. The molecule has 78 valence electrons. The first-order valence-corrected chi connectivity index (χ1v) is 5.27. The normalized spacial score (nSPS) is 10.6. The van der Waals surface area contributed by atoms with Crippen molar-refractivity contribution < 1.29 is 8.78 Å². The summed E-state index contributed by atoms with van der Waals surface area (Å²) in [5.74, 6) is -1.18. The van der Waals surface area contributed by atoms with Crippen LogP contribution < -0.4 is 5.73 Å². The van der Waals surface area contributed by atoms with Gasteiger partial charge in [-0.05, 0) is 18.2 Å². The van der Waals surface area contributed by atoms with Crippen LogP contribution in [-0.2, 0) is 0 Å². The molecule has 0 spiro atoms. The molecule has 0 saturated carbocycles. The molecule has 0 bridgehead atoms. The van der Waals surface area contributed by atoms with Crippen molar-refractivity contribution in [1.82, 2.24) is 0 Å². The fourth-order valence-electron chi connectivity index (χ4n) is 1.21. The highest BCUT2D eigenvalue weighted by Gasteiger charge is 2.11. The SMILES string of the molecule is Nc1cc(F)c(-c2ccc(Cl)s2)cc1F. The lowest BCUT2D eigenvalue weighted by Gasteiger charge is -2.02. The lowest BCUT2D eigenvalue weighted by atomic mass is 10.1. The van der Waals surface area contributed by atoms with Crippen LogP contribution >= 0.6 is 22.9 Å². The van der Waals surface area contributed by atoms with Crippen LogP contribution in [0.3, 0.4) is 0 Å². The molecular weight excluding hydrogens is 240 g/mol. The third-order valence-electron chi connectivity index (χ3n) is 1.93. The maximum Gasteiger partial charge on any atom is 0.146 e. The maximum atomic E-state index is 13.4. The molecule has 0 aliphatic rings. The summed E-state index contributed by atoms with van der Waals surface area (Å²) < 4.78 is 27.1. The Kier molecular flexibility index (Phi) is 2.63. The molecule has 0 radical (unpaired) electrons. The van der Waals surface area contributed by atoms with Crippen LogP contribution in [0.5, 0.6) is 0 Å². The van der Waals surface area contributed by atoms with E-state index < -0.39 is 11.6 Å². The molecule has 1 aromatic carbocycles. The number of rotatable bonds is 1. The summed E-state index contributed by atoms with van der Waals surface area (Å²) in [6.45, 7) is 0. The Morgan fingerprint density at radius 2 is 1.87 bits per heavy atom. The van der Waals surface area contributed by atoms with Crippen LogP contribution in [0.15, 0.2) is 24.3 Å². The highest BCUT2D eigenvalue weighted by molar-refractivity contribution is 7.19. The van der Waals surface area contributed by atoms with Gasteiger partial charge in [0.15, 0.2) is 0 Å². The fraction of sp³-hybridized carbons (Fsp3) is 0.